The average molecular weight is 1440 g/mol. The highest BCUT2D eigenvalue weighted by atomic mass is 32.2. The maximum absolute atomic E-state index is 13.9. The van der Waals surface area contributed by atoms with Crippen LogP contribution in [0.15, 0.2) is 0 Å². The van der Waals surface area contributed by atoms with Crippen LogP contribution in [-0.4, -0.2) is 253 Å². The van der Waals surface area contributed by atoms with Crippen molar-refractivity contribution in [2.45, 2.75) is 217 Å². The van der Waals surface area contributed by atoms with Crippen molar-refractivity contribution in [1.82, 2.24) is 69.1 Å². The number of aliphatic hydroxyl groups is 3. The van der Waals surface area contributed by atoms with E-state index in [0.717, 1.165) is 27.7 Å². The van der Waals surface area contributed by atoms with Gasteiger partial charge >= 0.3 is 11.9 Å². The lowest BCUT2D eigenvalue weighted by Crippen LogP contribution is -2.63. The number of primary amides is 2. The van der Waals surface area contributed by atoms with Gasteiger partial charge in [-0.1, -0.05) is 34.1 Å². The predicted molar refractivity (Wildman–Crippen MR) is 353 cm³/mol. The van der Waals surface area contributed by atoms with Gasteiger partial charge in [0.2, 0.25) is 88.6 Å². The van der Waals surface area contributed by atoms with E-state index in [9.17, 15) is 102 Å². The number of aliphatic hydroxyl groups excluding tert-OH is 3. The number of aliphatic carboxylic acids is 2. The Balaban J connectivity index is 6.37. The number of nitrogens with two attached hydrogens (primary N) is 3. The summed E-state index contributed by atoms with van der Waals surface area (Å²) >= 11 is 2.60. The van der Waals surface area contributed by atoms with Gasteiger partial charge in [-0.25, -0.2) is 4.79 Å². The number of rotatable bonds is 47. The molecule has 24 N–H and O–H groups in total. The first-order valence-corrected chi connectivity index (χ1v) is 34.0. The lowest BCUT2D eigenvalue weighted by atomic mass is 9.97. The first-order valence-electron chi connectivity index (χ1n) is 31.3. The van der Waals surface area contributed by atoms with E-state index in [1.807, 2.05) is 0 Å². The second-order valence-corrected chi connectivity index (χ2v) is 25.6. The summed E-state index contributed by atoms with van der Waals surface area (Å²) in [6.45, 7) is 12.1. The van der Waals surface area contributed by atoms with Gasteiger partial charge in [-0.2, -0.15) is 23.5 Å². The smallest absolute Gasteiger partial charge is 0.326 e. The minimum Gasteiger partial charge on any atom is -0.481 e. The third-order valence-electron chi connectivity index (χ3n) is 14.8. The molecule has 17 unspecified atom stereocenters. The van der Waals surface area contributed by atoms with Crippen molar-refractivity contribution in [2.75, 3.05) is 30.6 Å². The Labute approximate surface area is 575 Å². The molecule has 0 saturated carbocycles. The summed E-state index contributed by atoms with van der Waals surface area (Å²) in [7, 11) is 0. The molecule has 0 radical (unpaired) electrons. The molecule has 0 aromatic carbocycles. The molecule has 98 heavy (non-hydrogen) atoms. The number of nitrogens with one attached hydrogen (secondary N) is 13. The Morgan fingerprint density at radius 1 is 0.378 bits per heavy atom. The molecule has 0 aliphatic rings. The summed E-state index contributed by atoms with van der Waals surface area (Å²) in [6, 6.07) is -21.9. The van der Waals surface area contributed by atoms with E-state index >= 15 is 0 Å². The molecular weight excluding hydrogens is 1340 g/mol. The van der Waals surface area contributed by atoms with Crippen LogP contribution >= 0.6 is 23.5 Å². The van der Waals surface area contributed by atoms with E-state index in [4.69, 9.17) is 22.3 Å². The van der Waals surface area contributed by atoms with Crippen molar-refractivity contribution in [3.05, 3.63) is 0 Å². The summed E-state index contributed by atoms with van der Waals surface area (Å²) < 4.78 is 0. The number of hydrogen-bond acceptors (Lipinski definition) is 23. The molecule has 0 aliphatic heterocycles. The molecular formula is C58H100N16O22S2. The Morgan fingerprint density at radius 2 is 0.704 bits per heavy atom. The van der Waals surface area contributed by atoms with Crippen LogP contribution in [-0.2, 0) is 81.5 Å². The SMILES string of the molecule is CCC(C)C(NC(=O)C(NC(=O)C(C)NC(=O)C(NC(=O)C(CC(N)=O)NC(=O)C(C)NC(=O)C(NC(=O)C(CCC(N)=O)NC(=O)C(CO)NC(=O)C(CCSC)NC(=O)C(C)NC(=O)C(CCC(=O)O)NC(=O)C(C)N)C(C)C)C(C)O)C(C)O)C(=O)NC(CCSC)C(=O)O. The minimum atomic E-state index is -1.94. The number of thioether (sulfide) groups is 2. The Morgan fingerprint density at radius 3 is 1.13 bits per heavy atom. The van der Waals surface area contributed by atoms with E-state index < -0.39 is 241 Å². The molecule has 40 heteroatoms. The Kier molecular flexibility index (Phi) is 41.3. The zero-order chi connectivity index (χ0) is 75.6. The fourth-order valence-electron chi connectivity index (χ4n) is 8.59. The van der Waals surface area contributed by atoms with Crippen molar-refractivity contribution < 1.29 is 107 Å². The maximum Gasteiger partial charge on any atom is 0.326 e. The van der Waals surface area contributed by atoms with Gasteiger partial charge in [0.15, 0.2) is 0 Å². The van der Waals surface area contributed by atoms with Gasteiger partial charge in [-0.15, -0.1) is 0 Å². The zero-order valence-electron chi connectivity index (χ0n) is 56.9. The number of carboxylic acids is 2. The summed E-state index contributed by atoms with van der Waals surface area (Å²) in [5, 5.41) is 80.4. The highest BCUT2D eigenvalue weighted by Gasteiger charge is 2.39. The first-order chi connectivity index (χ1) is 45.6. The molecule has 0 rings (SSSR count). The van der Waals surface area contributed by atoms with E-state index in [1.54, 1.807) is 26.4 Å². The number of amides is 15. The van der Waals surface area contributed by atoms with Crippen LogP contribution in [0.1, 0.15) is 121 Å². The van der Waals surface area contributed by atoms with Crippen molar-refractivity contribution in [2.24, 2.45) is 29.0 Å². The molecule has 0 aromatic rings. The van der Waals surface area contributed by atoms with Crippen LogP contribution in [0.5, 0.6) is 0 Å². The van der Waals surface area contributed by atoms with Gasteiger partial charge in [-0.05, 0) is 103 Å². The molecule has 0 spiro atoms. The quantitative estimate of drug-likeness (QED) is 0.0269. The largest absolute Gasteiger partial charge is 0.481 e. The van der Waals surface area contributed by atoms with E-state index in [0.29, 0.717) is 12.2 Å². The first kappa shape index (κ1) is 89.5. The summed E-state index contributed by atoms with van der Waals surface area (Å²) in [4.78, 5) is 223. The highest BCUT2D eigenvalue weighted by Crippen LogP contribution is 2.13. The predicted octanol–water partition coefficient (Wildman–Crippen LogP) is -8.25. The van der Waals surface area contributed by atoms with Gasteiger partial charge in [0.25, 0.3) is 0 Å². The van der Waals surface area contributed by atoms with Gasteiger partial charge < -0.3 is 112 Å². The molecule has 17 atom stereocenters. The Bertz CT molecular complexity index is 2800. The van der Waals surface area contributed by atoms with E-state index in [2.05, 4.69) is 69.1 Å². The maximum atomic E-state index is 13.9. The van der Waals surface area contributed by atoms with Crippen molar-refractivity contribution in [3.63, 3.8) is 0 Å². The van der Waals surface area contributed by atoms with E-state index in [-0.39, 0.29) is 25.0 Å². The molecule has 38 nitrogen and oxygen atoms in total. The monoisotopic (exact) mass is 1440 g/mol. The van der Waals surface area contributed by atoms with Crippen LogP contribution in [0, 0.1) is 11.8 Å². The summed E-state index contributed by atoms with van der Waals surface area (Å²) in [5.74, 6) is -19.3. The topological polar surface area (TPSA) is 626 Å². The normalized spacial score (nSPS) is 16.3. The lowest BCUT2D eigenvalue weighted by molar-refractivity contribution is -0.143. The summed E-state index contributed by atoms with van der Waals surface area (Å²) in [6.07, 6.45) is -2.59. The van der Waals surface area contributed by atoms with Gasteiger partial charge in [0, 0.05) is 12.8 Å². The third-order valence-corrected chi connectivity index (χ3v) is 16.0. The fourth-order valence-corrected chi connectivity index (χ4v) is 9.53. The molecule has 0 fully saturated rings. The van der Waals surface area contributed by atoms with Crippen LogP contribution in [0.3, 0.4) is 0 Å². The van der Waals surface area contributed by atoms with Crippen LogP contribution < -0.4 is 86.3 Å². The van der Waals surface area contributed by atoms with Crippen LogP contribution in [0.25, 0.3) is 0 Å². The fraction of sp³-hybridized carbons (Fsp3) is 0.707. The van der Waals surface area contributed by atoms with Crippen molar-refractivity contribution in [1.29, 1.82) is 0 Å². The van der Waals surface area contributed by atoms with E-state index in [1.165, 1.54) is 51.2 Å². The number of hydrogen-bond donors (Lipinski definition) is 21. The number of carbonyl (C=O) groups excluding carboxylic acids is 15. The van der Waals surface area contributed by atoms with Crippen LogP contribution in [0.2, 0.25) is 0 Å². The second-order valence-electron chi connectivity index (χ2n) is 23.6. The molecule has 0 aromatic heterocycles. The summed E-state index contributed by atoms with van der Waals surface area (Å²) in [5.41, 5.74) is 16.3. The molecule has 0 heterocycles. The lowest BCUT2D eigenvalue weighted by Gasteiger charge is -2.29. The van der Waals surface area contributed by atoms with Crippen LogP contribution in [0.4, 0.5) is 0 Å². The van der Waals surface area contributed by atoms with Gasteiger partial charge in [0.05, 0.1) is 31.3 Å². The van der Waals surface area contributed by atoms with Crippen molar-refractivity contribution in [3.8, 4) is 0 Å². The molecule has 0 aliphatic carbocycles. The zero-order valence-corrected chi connectivity index (χ0v) is 58.5. The van der Waals surface area contributed by atoms with Gasteiger partial charge in [0.1, 0.15) is 78.5 Å². The Hall–Kier alpha value is -8.47. The molecule has 556 valence electrons. The average Bonchev–Trinajstić information content (AvgIpc) is 0.875. The third kappa shape index (κ3) is 32.7. The molecule has 15 amide bonds. The number of carbonyl (C=O) groups is 17. The highest BCUT2D eigenvalue weighted by molar-refractivity contribution is 7.98. The molecule has 0 saturated heterocycles. The molecule has 0 bridgehead atoms. The standard InChI is InChI=1S/C58H100N16O22S2/c1-13-25(4)42(55(92)68-35(58(95)96)19-21-98-12)72-57(94)44(31(10)77)73-48(85)29(8)64-56(93)43(30(9)76)74-52(89)36(22-39(61)79)69-47(84)28(7)63-54(91)41(24(2)3)71-51(88)32(14-16-38(60)78)67-53(90)37(23-75)70-50(87)34(18-20-97-11)66-46(83)27(6)62-49(86)33(15-17-40(80)81)65-45(82)26(5)59/h24-37,41-44,75-77H,13-23,59H2,1-12H3,(H2,60,78)(H2,61,79)(H,62,86)(H,63,91)(H,64,93)(H,65,82)(H,66,83)(H,67,90)(H,68,92)(H,69,84)(H,70,87)(H,71,88)(H,72,94)(H,73,85)(H,74,89)(H,80,81)(H,95,96). The number of carboxylic acid groups (broad SMARTS) is 2. The second kappa shape index (κ2) is 45.2. The van der Waals surface area contributed by atoms with Gasteiger partial charge in [-0.3, -0.25) is 76.7 Å². The van der Waals surface area contributed by atoms with Crippen molar-refractivity contribution >= 4 is 124 Å². The minimum absolute atomic E-state index is 0.0671.